The summed E-state index contributed by atoms with van der Waals surface area (Å²) in [6.45, 7) is 0. The van der Waals surface area contributed by atoms with Crippen LogP contribution in [0.2, 0.25) is 0 Å². The van der Waals surface area contributed by atoms with Crippen LogP contribution in [0.5, 0.6) is 0 Å². The highest BCUT2D eigenvalue weighted by molar-refractivity contribution is 9.08. The van der Waals surface area contributed by atoms with Crippen LogP contribution in [0.3, 0.4) is 0 Å². The van der Waals surface area contributed by atoms with Crippen molar-refractivity contribution in [2.75, 3.05) is 0 Å². The molecule has 0 fully saturated rings. The number of rotatable bonds is 1. The lowest BCUT2D eigenvalue weighted by Crippen LogP contribution is -1.94. The Morgan fingerprint density at radius 1 is 1.09 bits per heavy atom. The Labute approximate surface area is 70.2 Å². The lowest BCUT2D eigenvalue weighted by Gasteiger charge is -1.99. The maximum Gasteiger partial charge on any atom is 0.194 e. The van der Waals surface area contributed by atoms with Crippen LogP contribution in [0, 0.1) is 17.5 Å². The van der Waals surface area contributed by atoms with E-state index >= 15 is 0 Å². The predicted octanol–water partition coefficient (Wildman–Crippen LogP) is 3.00. The summed E-state index contributed by atoms with van der Waals surface area (Å²) in [6, 6.07) is 2.09. The number of hydrogen-bond donors (Lipinski definition) is 0. The minimum atomic E-state index is -1.41. The van der Waals surface area contributed by atoms with Gasteiger partial charge in [0, 0.05) is 10.9 Å². The molecule has 0 heterocycles. The molecule has 0 aromatic heterocycles. The molecule has 0 aliphatic carbocycles. The summed E-state index contributed by atoms with van der Waals surface area (Å²) in [5.74, 6) is -3.70. The zero-order valence-corrected chi connectivity index (χ0v) is 6.96. The van der Waals surface area contributed by atoms with Crippen LogP contribution in [-0.2, 0) is 5.33 Å². The van der Waals surface area contributed by atoms with E-state index in [0.29, 0.717) is 0 Å². The van der Waals surface area contributed by atoms with Crippen molar-refractivity contribution in [3.8, 4) is 0 Å². The zero-order chi connectivity index (χ0) is 8.43. The van der Waals surface area contributed by atoms with Gasteiger partial charge in [0.15, 0.2) is 17.5 Å². The van der Waals surface area contributed by atoms with Crippen LogP contribution < -0.4 is 0 Å². The average molecular weight is 225 g/mol. The second kappa shape index (κ2) is 3.26. The van der Waals surface area contributed by atoms with Gasteiger partial charge in [-0.1, -0.05) is 22.0 Å². The van der Waals surface area contributed by atoms with Gasteiger partial charge in [-0.2, -0.15) is 0 Å². The standard InChI is InChI=1S/C7H4BrF3/c8-3-4-1-2-5(9)7(11)6(4)10/h1-2H,3H2. The molecule has 0 aliphatic heterocycles. The first-order chi connectivity index (χ1) is 5.16. The van der Waals surface area contributed by atoms with E-state index in [-0.39, 0.29) is 10.9 Å². The van der Waals surface area contributed by atoms with Gasteiger partial charge in [0.2, 0.25) is 0 Å². The summed E-state index contributed by atoms with van der Waals surface area (Å²) in [7, 11) is 0. The van der Waals surface area contributed by atoms with E-state index in [1.807, 2.05) is 0 Å². The summed E-state index contributed by atoms with van der Waals surface area (Å²) in [5, 5.41) is 0.177. The third-order valence-corrected chi connectivity index (χ3v) is 1.86. The van der Waals surface area contributed by atoms with Crippen molar-refractivity contribution in [1.29, 1.82) is 0 Å². The first-order valence-corrected chi connectivity index (χ1v) is 3.97. The van der Waals surface area contributed by atoms with E-state index in [0.717, 1.165) is 6.07 Å². The van der Waals surface area contributed by atoms with Gasteiger partial charge in [-0.25, -0.2) is 13.2 Å². The minimum Gasteiger partial charge on any atom is -0.204 e. The third-order valence-electron chi connectivity index (χ3n) is 1.26. The van der Waals surface area contributed by atoms with Crippen molar-refractivity contribution in [3.05, 3.63) is 35.1 Å². The molecular formula is C7H4BrF3. The maximum atomic E-state index is 12.6. The molecule has 4 heteroatoms. The van der Waals surface area contributed by atoms with E-state index in [9.17, 15) is 13.2 Å². The van der Waals surface area contributed by atoms with E-state index in [2.05, 4.69) is 15.9 Å². The van der Waals surface area contributed by atoms with Crippen molar-refractivity contribution in [3.63, 3.8) is 0 Å². The fourth-order valence-electron chi connectivity index (χ4n) is 0.669. The molecule has 11 heavy (non-hydrogen) atoms. The maximum absolute atomic E-state index is 12.6. The molecule has 0 nitrogen and oxygen atoms in total. The van der Waals surface area contributed by atoms with Crippen LogP contribution in [0.4, 0.5) is 13.2 Å². The predicted molar refractivity (Wildman–Crippen MR) is 38.9 cm³/mol. The minimum absolute atomic E-state index is 0.115. The van der Waals surface area contributed by atoms with Crippen LogP contribution in [0.1, 0.15) is 5.56 Å². The van der Waals surface area contributed by atoms with Crippen molar-refractivity contribution < 1.29 is 13.2 Å². The Hall–Kier alpha value is -0.510. The number of benzene rings is 1. The van der Waals surface area contributed by atoms with Crippen LogP contribution >= 0.6 is 15.9 Å². The number of hydrogen-bond acceptors (Lipinski definition) is 0. The van der Waals surface area contributed by atoms with Gasteiger partial charge >= 0.3 is 0 Å². The largest absolute Gasteiger partial charge is 0.204 e. The molecule has 0 radical (unpaired) electrons. The average Bonchev–Trinajstić information content (AvgIpc) is 2.01. The first kappa shape index (κ1) is 8.59. The van der Waals surface area contributed by atoms with Crippen molar-refractivity contribution >= 4 is 15.9 Å². The fraction of sp³-hybridized carbons (Fsp3) is 0.143. The third kappa shape index (κ3) is 1.56. The lowest BCUT2D eigenvalue weighted by molar-refractivity contribution is 0.443. The quantitative estimate of drug-likeness (QED) is 0.509. The molecule has 1 aromatic carbocycles. The van der Waals surface area contributed by atoms with Crippen molar-refractivity contribution in [2.45, 2.75) is 5.33 Å². The Kier molecular flexibility index (Phi) is 2.54. The Balaban J connectivity index is 3.25. The molecule has 0 saturated heterocycles. The molecule has 0 unspecified atom stereocenters. The summed E-state index contributed by atoms with van der Waals surface area (Å²) in [5.41, 5.74) is 0.115. The summed E-state index contributed by atoms with van der Waals surface area (Å²) < 4.78 is 37.3. The second-order valence-corrected chi connectivity index (χ2v) is 2.53. The van der Waals surface area contributed by atoms with Crippen molar-refractivity contribution in [2.24, 2.45) is 0 Å². The van der Waals surface area contributed by atoms with Gasteiger partial charge in [-0.3, -0.25) is 0 Å². The summed E-state index contributed by atoms with van der Waals surface area (Å²) >= 11 is 2.94. The molecule has 0 saturated carbocycles. The molecule has 1 aromatic rings. The van der Waals surface area contributed by atoms with Crippen molar-refractivity contribution in [1.82, 2.24) is 0 Å². The second-order valence-electron chi connectivity index (χ2n) is 1.97. The highest BCUT2D eigenvalue weighted by Crippen LogP contribution is 2.16. The SMILES string of the molecule is Fc1ccc(CBr)c(F)c1F. The van der Waals surface area contributed by atoms with Gasteiger partial charge in [0.25, 0.3) is 0 Å². The van der Waals surface area contributed by atoms with Gasteiger partial charge < -0.3 is 0 Å². The fourth-order valence-corrected chi connectivity index (χ4v) is 1.10. The Morgan fingerprint density at radius 2 is 1.73 bits per heavy atom. The van der Waals surface area contributed by atoms with Crippen LogP contribution in [-0.4, -0.2) is 0 Å². The van der Waals surface area contributed by atoms with E-state index < -0.39 is 17.5 Å². The smallest absolute Gasteiger partial charge is 0.194 e. The van der Waals surface area contributed by atoms with Gasteiger partial charge in [0.1, 0.15) is 0 Å². The molecule has 0 spiro atoms. The molecule has 0 N–H and O–H groups in total. The lowest BCUT2D eigenvalue weighted by atomic mass is 10.2. The molecule has 1 rings (SSSR count). The molecular weight excluding hydrogens is 221 g/mol. The Morgan fingerprint density at radius 3 is 2.27 bits per heavy atom. The zero-order valence-electron chi connectivity index (χ0n) is 5.37. The highest BCUT2D eigenvalue weighted by Gasteiger charge is 2.11. The van der Waals surface area contributed by atoms with E-state index in [1.54, 1.807) is 0 Å². The van der Waals surface area contributed by atoms with E-state index in [1.165, 1.54) is 6.07 Å². The number of halogens is 4. The van der Waals surface area contributed by atoms with E-state index in [4.69, 9.17) is 0 Å². The molecule has 0 amide bonds. The molecule has 0 aliphatic rings. The topological polar surface area (TPSA) is 0 Å². The monoisotopic (exact) mass is 224 g/mol. The Bertz CT molecular complexity index is 273. The molecule has 0 bridgehead atoms. The number of alkyl halides is 1. The first-order valence-electron chi connectivity index (χ1n) is 2.85. The summed E-state index contributed by atoms with van der Waals surface area (Å²) in [4.78, 5) is 0. The molecule has 60 valence electrons. The van der Waals surface area contributed by atoms with Crippen LogP contribution in [0.25, 0.3) is 0 Å². The summed E-state index contributed by atoms with van der Waals surface area (Å²) in [6.07, 6.45) is 0. The molecule has 0 atom stereocenters. The van der Waals surface area contributed by atoms with Crippen LogP contribution in [0.15, 0.2) is 12.1 Å². The van der Waals surface area contributed by atoms with Gasteiger partial charge in [0.05, 0.1) is 0 Å². The van der Waals surface area contributed by atoms with Gasteiger partial charge in [-0.05, 0) is 6.07 Å². The van der Waals surface area contributed by atoms with Gasteiger partial charge in [-0.15, -0.1) is 0 Å². The normalized spacial score (nSPS) is 10.2. The highest BCUT2D eigenvalue weighted by atomic mass is 79.9.